The molecule has 0 saturated carbocycles. The summed E-state index contributed by atoms with van der Waals surface area (Å²) in [7, 11) is 0. The molecular weight excluding hydrogens is 240 g/mol. The molecule has 0 saturated heterocycles. The van der Waals surface area contributed by atoms with Crippen molar-refractivity contribution in [3.63, 3.8) is 0 Å². The van der Waals surface area contributed by atoms with Gasteiger partial charge in [0.15, 0.2) is 0 Å². The summed E-state index contributed by atoms with van der Waals surface area (Å²) < 4.78 is 1.97. The highest BCUT2D eigenvalue weighted by atomic mass is 16.4. The molecule has 2 aromatic rings. The standard InChI is InChI=1S/C15H16N2O2/c1-10-5-2-3-6-11(10)15-12(9-14(18)19)16-17-8-4-7-13(15)17/h2-3,5-6H,4,7-9H2,1H3,(H,18,19). The largest absolute Gasteiger partial charge is 0.481 e. The molecule has 1 aromatic carbocycles. The van der Waals surface area contributed by atoms with Crippen LogP contribution in [0.5, 0.6) is 0 Å². The van der Waals surface area contributed by atoms with Gasteiger partial charge in [0, 0.05) is 17.8 Å². The lowest BCUT2D eigenvalue weighted by Crippen LogP contribution is -2.04. The molecule has 0 unspecified atom stereocenters. The number of rotatable bonds is 3. The fraction of sp³-hybridized carbons (Fsp3) is 0.333. The first-order valence-corrected chi connectivity index (χ1v) is 6.53. The van der Waals surface area contributed by atoms with Crippen LogP contribution in [0.3, 0.4) is 0 Å². The van der Waals surface area contributed by atoms with E-state index in [1.165, 1.54) is 5.69 Å². The first kappa shape index (κ1) is 12.0. The lowest BCUT2D eigenvalue weighted by atomic mass is 9.96. The van der Waals surface area contributed by atoms with E-state index < -0.39 is 5.97 Å². The van der Waals surface area contributed by atoms with Crippen LogP contribution in [0.15, 0.2) is 24.3 Å². The van der Waals surface area contributed by atoms with Crippen LogP contribution in [0.25, 0.3) is 11.1 Å². The second-order valence-electron chi connectivity index (χ2n) is 4.98. The van der Waals surface area contributed by atoms with Crippen molar-refractivity contribution in [2.75, 3.05) is 0 Å². The topological polar surface area (TPSA) is 55.1 Å². The summed E-state index contributed by atoms with van der Waals surface area (Å²) in [5.41, 5.74) is 5.19. The van der Waals surface area contributed by atoms with E-state index in [1.807, 2.05) is 16.8 Å². The Morgan fingerprint density at radius 1 is 1.42 bits per heavy atom. The highest BCUT2D eigenvalue weighted by Gasteiger charge is 2.24. The van der Waals surface area contributed by atoms with Gasteiger partial charge in [-0.1, -0.05) is 24.3 Å². The maximum Gasteiger partial charge on any atom is 0.309 e. The second-order valence-corrected chi connectivity index (χ2v) is 4.98. The third kappa shape index (κ3) is 2.03. The minimum absolute atomic E-state index is 0.0103. The summed E-state index contributed by atoms with van der Waals surface area (Å²) in [6.07, 6.45) is 2.06. The van der Waals surface area contributed by atoms with Gasteiger partial charge in [0.2, 0.25) is 0 Å². The average molecular weight is 256 g/mol. The Morgan fingerprint density at radius 3 is 2.95 bits per heavy atom. The Kier molecular flexibility index (Phi) is 2.85. The molecule has 1 aromatic heterocycles. The Morgan fingerprint density at radius 2 is 2.21 bits per heavy atom. The maximum absolute atomic E-state index is 11.0. The van der Waals surface area contributed by atoms with Crippen LogP contribution >= 0.6 is 0 Å². The number of aliphatic carboxylic acids is 1. The van der Waals surface area contributed by atoms with Crippen LogP contribution in [-0.2, 0) is 24.2 Å². The molecule has 0 amide bonds. The van der Waals surface area contributed by atoms with E-state index in [-0.39, 0.29) is 6.42 Å². The molecule has 2 heterocycles. The molecule has 1 aliphatic rings. The minimum Gasteiger partial charge on any atom is -0.481 e. The Hall–Kier alpha value is -2.10. The van der Waals surface area contributed by atoms with Gasteiger partial charge in [0.25, 0.3) is 0 Å². The minimum atomic E-state index is -0.827. The van der Waals surface area contributed by atoms with Crippen LogP contribution in [0.1, 0.15) is 23.4 Å². The average Bonchev–Trinajstić information content (AvgIpc) is 2.90. The molecule has 4 heteroatoms. The number of aromatic nitrogens is 2. The molecular formula is C15H16N2O2. The molecule has 1 aliphatic heterocycles. The van der Waals surface area contributed by atoms with Gasteiger partial charge in [-0.05, 0) is 30.9 Å². The van der Waals surface area contributed by atoms with Gasteiger partial charge < -0.3 is 5.11 Å². The number of fused-ring (bicyclic) bond motifs is 1. The molecule has 19 heavy (non-hydrogen) atoms. The molecule has 0 radical (unpaired) electrons. The number of carboxylic acids is 1. The van der Waals surface area contributed by atoms with Crippen LogP contribution in [0.2, 0.25) is 0 Å². The van der Waals surface area contributed by atoms with Crippen molar-refractivity contribution in [2.24, 2.45) is 0 Å². The summed E-state index contributed by atoms with van der Waals surface area (Å²) >= 11 is 0. The number of hydrogen-bond donors (Lipinski definition) is 1. The zero-order valence-electron chi connectivity index (χ0n) is 10.9. The number of nitrogens with zero attached hydrogens (tertiary/aromatic N) is 2. The van der Waals surface area contributed by atoms with Crippen molar-refractivity contribution in [3.05, 3.63) is 41.2 Å². The highest BCUT2D eigenvalue weighted by molar-refractivity contribution is 5.78. The lowest BCUT2D eigenvalue weighted by molar-refractivity contribution is -0.136. The molecule has 0 aliphatic carbocycles. The van der Waals surface area contributed by atoms with Crippen LogP contribution in [-0.4, -0.2) is 20.9 Å². The SMILES string of the molecule is Cc1ccccc1-c1c(CC(=O)O)nn2c1CCC2. The van der Waals surface area contributed by atoms with Crippen LogP contribution < -0.4 is 0 Å². The summed E-state index contributed by atoms with van der Waals surface area (Å²) in [6.45, 7) is 2.95. The summed E-state index contributed by atoms with van der Waals surface area (Å²) in [5, 5.41) is 13.5. The van der Waals surface area contributed by atoms with Gasteiger partial charge >= 0.3 is 5.97 Å². The first-order chi connectivity index (χ1) is 9.16. The van der Waals surface area contributed by atoms with Gasteiger partial charge in [-0.3, -0.25) is 9.48 Å². The van der Waals surface area contributed by atoms with Crippen molar-refractivity contribution in [1.29, 1.82) is 0 Å². The fourth-order valence-corrected chi connectivity index (χ4v) is 2.82. The van der Waals surface area contributed by atoms with E-state index in [0.29, 0.717) is 5.69 Å². The van der Waals surface area contributed by atoms with E-state index in [9.17, 15) is 4.79 Å². The van der Waals surface area contributed by atoms with E-state index in [4.69, 9.17) is 5.11 Å². The van der Waals surface area contributed by atoms with E-state index in [2.05, 4.69) is 24.2 Å². The zero-order valence-corrected chi connectivity index (χ0v) is 10.9. The number of carbonyl (C=O) groups is 1. The maximum atomic E-state index is 11.0. The normalized spacial score (nSPS) is 13.5. The monoisotopic (exact) mass is 256 g/mol. The molecule has 0 spiro atoms. The first-order valence-electron chi connectivity index (χ1n) is 6.53. The molecule has 0 fully saturated rings. The van der Waals surface area contributed by atoms with Crippen molar-refractivity contribution in [3.8, 4) is 11.1 Å². The Labute approximate surface area is 111 Å². The van der Waals surface area contributed by atoms with Crippen LogP contribution in [0.4, 0.5) is 0 Å². The van der Waals surface area contributed by atoms with E-state index in [0.717, 1.165) is 36.1 Å². The lowest BCUT2D eigenvalue weighted by Gasteiger charge is -2.07. The zero-order chi connectivity index (χ0) is 13.4. The van der Waals surface area contributed by atoms with Crippen molar-refractivity contribution in [1.82, 2.24) is 9.78 Å². The molecule has 98 valence electrons. The predicted octanol–water partition coefficient (Wildman–Crippen LogP) is 2.43. The van der Waals surface area contributed by atoms with Gasteiger partial charge in [-0.2, -0.15) is 5.10 Å². The summed E-state index contributed by atoms with van der Waals surface area (Å²) in [6, 6.07) is 8.10. The number of aryl methyl sites for hydroxylation is 2. The van der Waals surface area contributed by atoms with Gasteiger partial charge in [-0.25, -0.2) is 0 Å². The quantitative estimate of drug-likeness (QED) is 0.917. The highest BCUT2D eigenvalue weighted by Crippen LogP contribution is 2.33. The van der Waals surface area contributed by atoms with E-state index in [1.54, 1.807) is 0 Å². The Bertz CT molecular complexity index is 644. The van der Waals surface area contributed by atoms with Gasteiger partial charge in [0.1, 0.15) is 0 Å². The predicted molar refractivity (Wildman–Crippen MR) is 72.1 cm³/mol. The fourth-order valence-electron chi connectivity index (χ4n) is 2.82. The van der Waals surface area contributed by atoms with Crippen LogP contribution in [0, 0.1) is 6.92 Å². The number of hydrogen-bond acceptors (Lipinski definition) is 2. The molecule has 3 rings (SSSR count). The van der Waals surface area contributed by atoms with Crippen molar-refractivity contribution in [2.45, 2.75) is 32.7 Å². The third-order valence-electron chi connectivity index (χ3n) is 3.65. The van der Waals surface area contributed by atoms with Gasteiger partial charge in [0.05, 0.1) is 12.1 Å². The smallest absolute Gasteiger partial charge is 0.309 e. The third-order valence-corrected chi connectivity index (χ3v) is 3.65. The molecule has 4 nitrogen and oxygen atoms in total. The number of carboxylic acid groups (broad SMARTS) is 1. The van der Waals surface area contributed by atoms with Crippen molar-refractivity contribution >= 4 is 5.97 Å². The van der Waals surface area contributed by atoms with Crippen molar-refractivity contribution < 1.29 is 9.90 Å². The Balaban J connectivity index is 2.18. The summed E-state index contributed by atoms with van der Waals surface area (Å²) in [4.78, 5) is 11.0. The number of benzene rings is 1. The van der Waals surface area contributed by atoms with E-state index >= 15 is 0 Å². The molecule has 1 N–H and O–H groups in total. The molecule has 0 atom stereocenters. The second kappa shape index (κ2) is 4.53. The van der Waals surface area contributed by atoms with Gasteiger partial charge in [-0.15, -0.1) is 0 Å². The summed E-state index contributed by atoms with van der Waals surface area (Å²) in [5.74, 6) is -0.827. The molecule has 0 bridgehead atoms.